The first-order valence-electron chi connectivity index (χ1n) is 6.69. The maximum atomic E-state index is 12.3. The number of unbranched alkanes of at least 4 members (excludes halogenated alkanes) is 7. The predicted molar refractivity (Wildman–Crippen MR) is 64.4 cm³/mol. The Hall–Kier alpha value is -0.740. The number of aliphatic carboxylic acids is 1. The predicted octanol–water partition coefficient (Wildman–Crippen LogP) is 4.78. The molecule has 2 nitrogen and oxygen atoms in total. The van der Waals surface area contributed by atoms with Crippen LogP contribution >= 0.6 is 0 Å². The summed E-state index contributed by atoms with van der Waals surface area (Å²) < 4.78 is 36.9. The molecular weight excluding hydrogens is 245 g/mol. The topological polar surface area (TPSA) is 37.3 Å². The number of carboxylic acid groups (broad SMARTS) is 1. The Kier molecular flexibility index (Phi) is 8.85. The molecule has 1 atom stereocenters. The van der Waals surface area contributed by atoms with Crippen LogP contribution in [0, 0.1) is 5.92 Å². The second-order valence-corrected chi connectivity index (χ2v) is 4.70. The summed E-state index contributed by atoms with van der Waals surface area (Å²) in [6.45, 7) is 2.13. The van der Waals surface area contributed by atoms with Gasteiger partial charge in [0.1, 0.15) is 0 Å². The molecule has 108 valence electrons. The Bertz CT molecular complexity index is 227. The van der Waals surface area contributed by atoms with Crippen molar-refractivity contribution in [3.8, 4) is 0 Å². The number of carboxylic acids is 1. The third kappa shape index (κ3) is 8.37. The van der Waals surface area contributed by atoms with Gasteiger partial charge in [0.05, 0.1) is 0 Å². The summed E-state index contributed by atoms with van der Waals surface area (Å²) in [6.07, 6.45) is 2.71. The molecule has 0 fully saturated rings. The number of rotatable bonds is 10. The van der Waals surface area contributed by atoms with E-state index >= 15 is 0 Å². The highest BCUT2D eigenvalue weighted by Crippen LogP contribution is 2.30. The van der Waals surface area contributed by atoms with E-state index in [1.165, 1.54) is 19.3 Å². The van der Waals surface area contributed by atoms with Gasteiger partial charge in [-0.05, 0) is 6.42 Å². The van der Waals surface area contributed by atoms with Crippen molar-refractivity contribution in [1.82, 2.24) is 0 Å². The Balaban J connectivity index is 3.60. The Morgan fingerprint density at radius 3 is 1.83 bits per heavy atom. The molecular formula is C13H23F3O2. The van der Waals surface area contributed by atoms with Crippen molar-refractivity contribution < 1.29 is 23.1 Å². The molecule has 0 saturated carbocycles. The van der Waals surface area contributed by atoms with Gasteiger partial charge in [0.25, 0.3) is 0 Å². The van der Waals surface area contributed by atoms with Crippen molar-refractivity contribution in [2.45, 2.75) is 70.9 Å². The zero-order valence-corrected chi connectivity index (χ0v) is 10.9. The van der Waals surface area contributed by atoms with Gasteiger partial charge in [0.2, 0.25) is 0 Å². The molecule has 0 bridgehead atoms. The van der Waals surface area contributed by atoms with Gasteiger partial charge < -0.3 is 5.11 Å². The quantitative estimate of drug-likeness (QED) is 0.579. The molecule has 0 amide bonds. The standard InChI is InChI=1S/C13H23F3O2/c1-2-3-4-5-6-7-8-9-10-11(12(17)18)13(14,15)16/h11H,2-10H2,1H3,(H,17,18). The molecule has 1 unspecified atom stereocenters. The van der Waals surface area contributed by atoms with Crippen LogP contribution in [-0.4, -0.2) is 17.3 Å². The first-order chi connectivity index (χ1) is 8.39. The van der Waals surface area contributed by atoms with Crippen LogP contribution in [0.3, 0.4) is 0 Å². The lowest BCUT2D eigenvalue weighted by atomic mass is 9.99. The maximum absolute atomic E-state index is 12.3. The summed E-state index contributed by atoms with van der Waals surface area (Å²) in [6, 6.07) is 0. The third-order valence-corrected chi connectivity index (χ3v) is 3.04. The van der Waals surface area contributed by atoms with Crippen LogP contribution in [0.1, 0.15) is 64.7 Å². The zero-order valence-electron chi connectivity index (χ0n) is 10.9. The van der Waals surface area contributed by atoms with Gasteiger partial charge in [-0.25, -0.2) is 0 Å². The second kappa shape index (κ2) is 9.22. The van der Waals surface area contributed by atoms with E-state index in [2.05, 4.69) is 6.92 Å². The fraction of sp³-hybridized carbons (Fsp3) is 0.923. The van der Waals surface area contributed by atoms with E-state index in [9.17, 15) is 18.0 Å². The molecule has 0 rings (SSSR count). The zero-order chi connectivity index (χ0) is 14.0. The van der Waals surface area contributed by atoms with Gasteiger partial charge in [-0.1, -0.05) is 58.3 Å². The lowest BCUT2D eigenvalue weighted by molar-refractivity contribution is -0.194. The highest BCUT2D eigenvalue weighted by atomic mass is 19.4. The molecule has 0 aromatic carbocycles. The van der Waals surface area contributed by atoms with Crippen LogP contribution in [0.5, 0.6) is 0 Å². The SMILES string of the molecule is CCCCCCCCCCC(C(=O)O)C(F)(F)F. The van der Waals surface area contributed by atoms with Crippen molar-refractivity contribution in [1.29, 1.82) is 0 Å². The van der Waals surface area contributed by atoms with Crippen LogP contribution in [0.4, 0.5) is 13.2 Å². The van der Waals surface area contributed by atoms with Crippen molar-refractivity contribution in [2.24, 2.45) is 5.92 Å². The molecule has 1 N–H and O–H groups in total. The van der Waals surface area contributed by atoms with Crippen molar-refractivity contribution >= 4 is 5.97 Å². The molecule has 0 spiro atoms. The molecule has 0 radical (unpaired) electrons. The average Bonchev–Trinajstić information content (AvgIpc) is 2.24. The van der Waals surface area contributed by atoms with E-state index in [4.69, 9.17) is 5.11 Å². The highest BCUT2D eigenvalue weighted by molar-refractivity contribution is 5.70. The minimum absolute atomic E-state index is 0.298. The summed E-state index contributed by atoms with van der Waals surface area (Å²) in [5.74, 6) is -3.96. The van der Waals surface area contributed by atoms with Gasteiger partial charge in [0.15, 0.2) is 5.92 Å². The summed E-state index contributed by atoms with van der Waals surface area (Å²) in [5.41, 5.74) is 0. The molecule has 18 heavy (non-hydrogen) atoms. The first kappa shape index (κ1) is 17.3. The maximum Gasteiger partial charge on any atom is 0.402 e. The van der Waals surface area contributed by atoms with Crippen LogP contribution in [0.2, 0.25) is 0 Å². The van der Waals surface area contributed by atoms with E-state index in [1.807, 2.05) is 0 Å². The number of halogens is 3. The summed E-state index contributed by atoms with van der Waals surface area (Å²) in [7, 11) is 0. The molecule has 0 aliphatic rings. The Labute approximate surface area is 107 Å². The van der Waals surface area contributed by atoms with Crippen LogP contribution in [-0.2, 0) is 4.79 Å². The molecule has 0 heterocycles. The Morgan fingerprint density at radius 1 is 1.00 bits per heavy atom. The summed E-state index contributed by atoms with van der Waals surface area (Å²) >= 11 is 0. The van der Waals surface area contributed by atoms with Gasteiger partial charge in [-0.15, -0.1) is 0 Å². The minimum Gasteiger partial charge on any atom is -0.481 e. The van der Waals surface area contributed by atoms with E-state index in [1.54, 1.807) is 0 Å². The van der Waals surface area contributed by atoms with Gasteiger partial charge in [-0.2, -0.15) is 13.2 Å². The lowest BCUT2D eigenvalue weighted by Gasteiger charge is -2.15. The van der Waals surface area contributed by atoms with E-state index in [0.29, 0.717) is 12.8 Å². The first-order valence-corrected chi connectivity index (χ1v) is 6.69. The third-order valence-electron chi connectivity index (χ3n) is 3.04. The number of alkyl halides is 3. The Morgan fingerprint density at radius 2 is 1.44 bits per heavy atom. The molecule has 0 aromatic rings. The molecule has 0 aromatic heterocycles. The molecule has 0 saturated heterocycles. The van der Waals surface area contributed by atoms with Gasteiger partial charge in [0, 0.05) is 0 Å². The summed E-state index contributed by atoms with van der Waals surface area (Å²) in [5, 5.41) is 8.49. The van der Waals surface area contributed by atoms with Gasteiger partial charge in [-0.3, -0.25) is 4.79 Å². The lowest BCUT2D eigenvalue weighted by Crippen LogP contribution is -2.30. The second-order valence-electron chi connectivity index (χ2n) is 4.70. The number of carbonyl (C=O) groups is 1. The van der Waals surface area contributed by atoms with Gasteiger partial charge >= 0.3 is 12.1 Å². The molecule has 0 aliphatic carbocycles. The van der Waals surface area contributed by atoms with Crippen LogP contribution in [0.25, 0.3) is 0 Å². The van der Waals surface area contributed by atoms with Crippen LogP contribution in [0.15, 0.2) is 0 Å². The number of hydrogen-bond donors (Lipinski definition) is 1. The van der Waals surface area contributed by atoms with E-state index in [0.717, 1.165) is 19.3 Å². The minimum atomic E-state index is -4.62. The fourth-order valence-corrected chi connectivity index (χ4v) is 1.91. The largest absolute Gasteiger partial charge is 0.481 e. The van der Waals surface area contributed by atoms with E-state index < -0.39 is 18.1 Å². The fourth-order valence-electron chi connectivity index (χ4n) is 1.91. The smallest absolute Gasteiger partial charge is 0.402 e. The highest BCUT2D eigenvalue weighted by Gasteiger charge is 2.44. The van der Waals surface area contributed by atoms with Crippen LogP contribution < -0.4 is 0 Å². The summed E-state index contributed by atoms with van der Waals surface area (Å²) in [4.78, 5) is 10.5. The van der Waals surface area contributed by atoms with Crippen molar-refractivity contribution in [3.63, 3.8) is 0 Å². The van der Waals surface area contributed by atoms with E-state index in [-0.39, 0.29) is 6.42 Å². The van der Waals surface area contributed by atoms with Crippen molar-refractivity contribution in [3.05, 3.63) is 0 Å². The molecule has 5 heteroatoms. The number of hydrogen-bond acceptors (Lipinski definition) is 1. The normalized spacial score (nSPS) is 13.6. The van der Waals surface area contributed by atoms with Crippen molar-refractivity contribution in [2.75, 3.05) is 0 Å². The average molecular weight is 268 g/mol. The monoisotopic (exact) mass is 268 g/mol. The molecule has 0 aliphatic heterocycles.